The molecule has 1 unspecified atom stereocenters. The number of hydrogen-bond acceptors (Lipinski definition) is 3. The van der Waals surface area contributed by atoms with E-state index < -0.39 is 0 Å². The normalized spacial score (nSPS) is 20.3. The molecule has 1 fully saturated rings. The molecule has 1 aromatic rings. The quantitative estimate of drug-likeness (QED) is 0.829. The molecule has 1 aliphatic heterocycles. The van der Waals surface area contributed by atoms with E-state index in [-0.39, 0.29) is 17.6 Å². The van der Waals surface area contributed by atoms with E-state index in [9.17, 15) is 4.39 Å². The van der Waals surface area contributed by atoms with E-state index in [1.54, 1.807) is 12.1 Å². The van der Waals surface area contributed by atoms with Crippen LogP contribution in [0.5, 0.6) is 5.75 Å². The van der Waals surface area contributed by atoms with Crippen molar-refractivity contribution in [1.82, 2.24) is 0 Å². The summed E-state index contributed by atoms with van der Waals surface area (Å²) in [6.07, 6.45) is 0.966. The van der Waals surface area contributed by atoms with Crippen LogP contribution in [0.3, 0.4) is 0 Å². The van der Waals surface area contributed by atoms with Crippen LogP contribution in [0.25, 0.3) is 0 Å². The molecule has 82 valence electrons. The van der Waals surface area contributed by atoms with Crippen molar-refractivity contribution >= 4 is 5.69 Å². The van der Waals surface area contributed by atoms with Gasteiger partial charge < -0.3 is 14.8 Å². The van der Waals surface area contributed by atoms with Crippen molar-refractivity contribution in [2.75, 3.05) is 25.6 Å². The molecule has 0 radical (unpaired) electrons. The molecule has 1 N–H and O–H groups in total. The maximum Gasteiger partial charge on any atom is 0.167 e. The highest BCUT2D eigenvalue weighted by molar-refractivity contribution is 5.48. The van der Waals surface area contributed by atoms with Crippen LogP contribution in [-0.4, -0.2) is 26.4 Å². The van der Waals surface area contributed by atoms with E-state index in [1.165, 1.54) is 13.2 Å². The molecule has 0 aliphatic carbocycles. The summed E-state index contributed by atoms with van der Waals surface area (Å²) in [5, 5.41) is 3.21. The van der Waals surface area contributed by atoms with Gasteiger partial charge in [0.05, 0.1) is 19.8 Å². The van der Waals surface area contributed by atoms with Crippen molar-refractivity contribution in [2.45, 2.75) is 12.5 Å². The minimum Gasteiger partial charge on any atom is -0.494 e. The summed E-state index contributed by atoms with van der Waals surface area (Å²) in [4.78, 5) is 0. The number of nitrogens with one attached hydrogen (secondary N) is 1. The molecule has 1 aromatic carbocycles. The van der Waals surface area contributed by atoms with E-state index in [1.807, 2.05) is 0 Å². The van der Waals surface area contributed by atoms with Gasteiger partial charge in [0.15, 0.2) is 11.6 Å². The van der Waals surface area contributed by atoms with Gasteiger partial charge in [-0.15, -0.1) is 0 Å². The summed E-state index contributed by atoms with van der Waals surface area (Å²) in [6.45, 7) is 1.46. The predicted octanol–water partition coefficient (Wildman–Crippen LogP) is 2.04. The standard InChI is InChI=1S/C11H14FNO2/c1-14-11-3-2-8(6-10(11)12)13-9-4-5-15-7-9/h2-3,6,9,13H,4-5,7H2,1H3. The van der Waals surface area contributed by atoms with Gasteiger partial charge >= 0.3 is 0 Å². The minimum absolute atomic E-state index is 0.267. The molecule has 0 amide bonds. The predicted molar refractivity (Wildman–Crippen MR) is 55.8 cm³/mol. The van der Waals surface area contributed by atoms with Crippen molar-refractivity contribution in [2.24, 2.45) is 0 Å². The third kappa shape index (κ3) is 2.39. The maximum atomic E-state index is 13.3. The van der Waals surface area contributed by atoms with E-state index in [0.29, 0.717) is 6.61 Å². The first-order valence-corrected chi connectivity index (χ1v) is 4.97. The van der Waals surface area contributed by atoms with Crippen LogP contribution < -0.4 is 10.1 Å². The summed E-state index contributed by atoms with van der Waals surface area (Å²) in [5.41, 5.74) is 0.767. The van der Waals surface area contributed by atoms with Crippen LogP contribution in [0, 0.1) is 5.82 Å². The second kappa shape index (κ2) is 4.49. The van der Waals surface area contributed by atoms with Crippen LogP contribution in [0.4, 0.5) is 10.1 Å². The van der Waals surface area contributed by atoms with Gasteiger partial charge in [-0.3, -0.25) is 0 Å². The fourth-order valence-electron chi connectivity index (χ4n) is 1.64. The lowest BCUT2D eigenvalue weighted by Gasteiger charge is -2.12. The average molecular weight is 211 g/mol. The SMILES string of the molecule is COc1ccc(NC2CCOC2)cc1F. The molecule has 3 nitrogen and oxygen atoms in total. The molecule has 0 bridgehead atoms. The molecule has 1 heterocycles. The summed E-state index contributed by atoms with van der Waals surface area (Å²) in [5.74, 6) is -0.0790. The molecule has 0 saturated carbocycles. The highest BCUT2D eigenvalue weighted by Gasteiger charge is 2.15. The lowest BCUT2D eigenvalue weighted by Crippen LogP contribution is -2.18. The van der Waals surface area contributed by atoms with E-state index in [2.05, 4.69) is 5.32 Å². The third-order valence-corrected chi connectivity index (χ3v) is 2.45. The fourth-order valence-corrected chi connectivity index (χ4v) is 1.64. The Morgan fingerprint density at radius 1 is 1.53 bits per heavy atom. The number of anilines is 1. The summed E-state index contributed by atoms with van der Waals surface area (Å²) in [6, 6.07) is 5.16. The molecule has 4 heteroatoms. The number of halogens is 1. The summed E-state index contributed by atoms with van der Waals surface area (Å²) >= 11 is 0. The smallest absolute Gasteiger partial charge is 0.167 e. The highest BCUT2D eigenvalue weighted by Crippen LogP contribution is 2.22. The van der Waals surface area contributed by atoms with Gasteiger partial charge in [-0.1, -0.05) is 0 Å². The first-order chi connectivity index (χ1) is 7.29. The molecule has 1 aliphatic rings. The van der Waals surface area contributed by atoms with Crippen molar-refractivity contribution in [3.05, 3.63) is 24.0 Å². The van der Waals surface area contributed by atoms with Crippen LogP contribution in [-0.2, 0) is 4.74 Å². The number of ether oxygens (including phenoxy) is 2. The molecule has 0 aromatic heterocycles. The van der Waals surface area contributed by atoms with Crippen molar-refractivity contribution < 1.29 is 13.9 Å². The second-order valence-corrected chi connectivity index (χ2v) is 3.55. The Balaban J connectivity index is 2.05. The Labute approximate surface area is 88.2 Å². The van der Waals surface area contributed by atoms with Crippen LogP contribution >= 0.6 is 0 Å². The number of hydrogen-bond donors (Lipinski definition) is 1. The summed E-state index contributed by atoms with van der Waals surface area (Å²) in [7, 11) is 1.45. The van der Waals surface area contributed by atoms with Gasteiger partial charge in [-0.25, -0.2) is 4.39 Å². The van der Waals surface area contributed by atoms with Gasteiger partial charge in [0, 0.05) is 18.4 Å². The van der Waals surface area contributed by atoms with Crippen molar-refractivity contribution in [1.29, 1.82) is 0 Å². The average Bonchev–Trinajstić information content (AvgIpc) is 2.71. The van der Waals surface area contributed by atoms with Crippen LogP contribution in [0.1, 0.15) is 6.42 Å². The number of benzene rings is 1. The van der Waals surface area contributed by atoms with E-state index in [4.69, 9.17) is 9.47 Å². The van der Waals surface area contributed by atoms with E-state index in [0.717, 1.165) is 18.7 Å². The first kappa shape index (κ1) is 10.2. The van der Waals surface area contributed by atoms with Gasteiger partial charge in [-0.05, 0) is 18.6 Å². The number of rotatable bonds is 3. The van der Waals surface area contributed by atoms with Crippen LogP contribution in [0.2, 0.25) is 0 Å². The lowest BCUT2D eigenvalue weighted by atomic mass is 10.2. The minimum atomic E-state index is -0.346. The number of methoxy groups -OCH3 is 1. The molecular weight excluding hydrogens is 197 g/mol. The monoisotopic (exact) mass is 211 g/mol. The second-order valence-electron chi connectivity index (χ2n) is 3.55. The lowest BCUT2D eigenvalue weighted by molar-refractivity contribution is 0.195. The topological polar surface area (TPSA) is 30.5 Å². The molecule has 0 spiro atoms. The van der Waals surface area contributed by atoms with Crippen molar-refractivity contribution in [3.8, 4) is 5.75 Å². The third-order valence-electron chi connectivity index (χ3n) is 2.45. The highest BCUT2D eigenvalue weighted by atomic mass is 19.1. The van der Waals surface area contributed by atoms with Gasteiger partial charge in [0.25, 0.3) is 0 Å². The van der Waals surface area contributed by atoms with Crippen molar-refractivity contribution in [3.63, 3.8) is 0 Å². The Bertz CT molecular complexity index is 337. The van der Waals surface area contributed by atoms with E-state index >= 15 is 0 Å². The van der Waals surface area contributed by atoms with Gasteiger partial charge in [0.1, 0.15) is 0 Å². The Morgan fingerprint density at radius 2 is 2.40 bits per heavy atom. The zero-order chi connectivity index (χ0) is 10.7. The largest absolute Gasteiger partial charge is 0.494 e. The summed E-state index contributed by atoms with van der Waals surface area (Å²) < 4.78 is 23.4. The maximum absolute atomic E-state index is 13.3. The van der Waals surface area contributed by atoms with Gasteiger partial charge in [-0.2, -0.15) is 0 Å². The fraction of sp³-hybridized carbons (Fsp3) is 0.455. The Morgan fingerprint density at radius 3 is 3.00 bits per heavy atom. The zero-order valence-electron chi connectivity index (χ0n) is 8.63. The molecule has 1 saturated heterocycles. The Kier molecular flexibility index (Phi) is 3.06. The molecular formula is C11H14FNO2. The molecule has 2 rings (SSSR count). The first-order valence-electron chi connectivity index (χ1n) is 4.97. The van der Waals surface area contributed by atoms with Crippen LogP contribution in [0.15, 0.2) is 18.2 Å². The zero-order valence-corrected chi connectivity index (χ0v) is 8.63. The molecule has 1 atom stereocenters. The van der Waals surface area contributed by atoms with Gasteiger partial charge in [0.2, 0.25) is 0 Å². The Hall–Kier alpha value is -1.29. The molecule has 15 heavy (non-hydrogen) atoms.